The molecular formula is C14H8FN5. The van der Waals surface area contributed by atoms with E-state index in [2.05, 4.69) is 19.9 Å². The van der Waals surface area contributed by atoms with Crippen LogP contribution in [0.25, 0.3) is 28.2 Å². The van der Waals surface area contributed by atoms with Gasteiger partial charge in [0.1, 0.15) is 11.5 Å². The first-order valence-corrected chi connectivity index (χ1v) is 6.02. The number of aromatic nitrogens is 5. The molecule has 0 amide bonds. The van der Waals surface area contributed by atoms with Crippen LogP contribution in [0.3, 0.4) is 0 Å². The maximum atomic E-state index is 13.3. The molecule has 0 atom stereocenters. The lowest BCUT2D eigenvalue weighted by atomic mass is 10.2. The summed E-state index contributed by atoms with van der Waals surface area (Å²) in [4.78, 5) is 17.1. The molecule has 0 fully saturated rings. The summed E-state index contributed by atoms with van der Waals surface area (Å²) in [5.74, 6) is 0.257. The molecule has 0 aliphatic heterocycles. The number of fused-ring (bicyclic) bond motifs is 2. The number of rotatable bonds is 1. The average Bonchev–Trinajstić information content (AvgIpc) is 2.90. The van der Waals surface area contributed by atoms with Gasteiger partial charge in [0, 0.05) is 18.5 Å². The zero-order valence-corrected chi connectivity index (χ0v) is 10.2. The number of imidazole rings is 1. The lowest BCUT2D eigenvalue weighted by Crippen LogP contribution is -1.93. The summed E-state index contributed by atoms with van der Waals surface area (Å²) in [6, 6.07) is 6.16. The van der Waals surface area contributed by atoms with E-state index in [1.54, 1.807) is 24.7 Å². The number of halogens is 1. The lowest BCUT2D eigenvalue weighted by molar-refractivity contribution is 0.629. The average molecular weight is 265 g/mol. The van der Waals surface area contributed by atoms with Gasteiger partial charge in [0.2, 0.25) is 5.78 Å². The SMILES string of the molecule is Fc1ccc2ncc(-c3cnc4ncccn34)nc2c1. The van der Waals surface area contributed by atoms with Crippen molar-refractivity contribution >= 4 is 16.8 Å². The standard InChI is InChI=1S/C14H8FN5/c15-9-2-3-10-11(6-9)19-12(7-17-10)13-8-18-14-16-4-1-5-20(13)14/h1-8H. The van der Waals surface area contributed by atoms with Gasteiger partial charge >= 0.3 is 0 Å². The van der Waals surface area contributed by atoms with Crippen molar-refractivity contribution in [3.63, 3.8) is 0 Å². The molecule has 0 bridgehead atoms. The highest BCUT2D eigenvalue weighted by molar-refractivity contribution is 5.76. The van der Waals surface area contributed by atoms with Gasteiger partial charge < -0.3 is 0 Å². The molecule has 0 aliphatic rings. The fraction of sp³-hybridized carbons (Fsp3) is 0. The first-order valence-electron chi connectivity index (χ1n) is 6.02. The minimum atomic E-state index is -0.330. The molecule has 4 aromatic rings. The van der Waals surface area contributed by atoms with Crippen molar-refractivity contribution in [2.45, 2.75) is 0 Å². The van der Waals surface area contributed by atoms with Crippen molar-refractivity contribution in [1.29, 1.82) is 0 Å². The molecule has 1 aromatic carbocycles. The summed E-state index contributed by atoms with van der Waals surface area (Å²) < 4.78 is 15.1. The summed E-state index contributed by atoms with van der Waals surface area (Å²) >= 11 is 0. The van der Waals surface area contributed by atoms with Crippen molar-refractivity contribution in [3.05, 3.63) is 54.9 Å². The Morgan fingerprint density at radius 2 is 1.95 bits per heavy atom. The molecule has 3 aromatic heterocycles. The molecule has 0 saturated carbocycles. The molecule has 0 spiro atoms. The molecule has 0 N–H and O–H groups in total. The molecule has 0 radical (unpaired) electrons. The number of hydrogen-bond acceptors (Lipinski definition) is 4. The summed E-state index contributed by atoms with van der Waals surface area (Å²) in [7, 11) is 0. The minimum Gasteiger partial charge on any atom is -0.282 e. The van der Waals surface area contributed by atoms with Crippen LogP contribution in [-0.4, -0.2) is 24.3 Å². The van der Waals surface area contributed by atoms with Gasteiger partial charge in [-0.25, -0.2) is 19.3 Å². The van der Waals surface area contributed by atoms with E-state index in [4.69, 9.17) is 0 Å². The maximum absolute atomic E-state index is 13.3. The molecular weight excluding hydrogens is 257 g/mol. The predicted molar refractivity (Wildman–Crippen MR) is 71.5 cm³/mol. The van der Waals surface area contributed by atoms with Gasteiger partial charge in [-0.05, 0) is 18.2 Å². The van der Waals surface area contributed by atoms with E-state index in [-0.39, 0.29) is 5.82 Å². The lowest BCUT2D eigenvalue weighted by Gasteiger charge is -2.02. The van der Waals surface area contributed by atoms with E-state index in [1.165, 1.54) is 12.1 Å². The monoisotopic (exact) mass is 265 g/mol. The van der Waals surface area contributed by atoms with Gasteiger partial charge in [0.05, 0.1) is 29.1 Å². The summed E-state index contributed by atoms with van der Waals surface area (Å²) in [5, 5.41) is 0. The van der Waals surface area contributed by atoms with Crippen LogP contribution in [-0.2, 0) is 0 Å². The number of benzene rings is 1. The quantitative estimate of drug-likeness (QED) is 0.530. The normalized spacial score (nSPS) is 11.2. The van der Waals surface area contributed by atoms with Crippen LogP contribution < -0.4 is 0 Å². The van der Waals surface area contributed by atoms with Gasteiger partial charge in [-0.15, -0.1) is 0 Å². The van der Waals surface area contributed by atoms with Crippen molar-refractivity contribution < 1.29 is 4.39 Å². The summed E-state index contributed by atoms with van der Waals surface area (Å²) in [5.41, 5.74) is 2.57. The number of hydrogen-bond donors (Lipinski definition) is 0. The molecule has 96 valence electrons. The fourth-order valence-electron chi connectivity index (χ4n) is 2.13. The van der Waals surface area contributed by atoms with Crippen LogP contribution in [0, 0.1) is 5.82 Å². The molecule has 4 rings (SSSR count). The van der Waals surface area contributed by atoms with E-state index >= 15 is 0 Å². The largest absolute Gasteiger partial charge is 0.282 e. The Morgan fingerprint density at radius 3 is 2.90 bits per heavy atom. The minimum absolute atomic E-state index is 0.330. The van der Waals surface area contributed by atoms with E-state index in [0.717, 1.165) is 5.69 Å². The van der Waals surface area contributed by atoms with Gasteiger partial charge in [0.25, 0.3) is 0 Å². The molecule has 0 unspecified atom stereocenters. The molecule has 20 heavy (non-hydrogen) atoms. The smallest absolute Gasteiger partial charge is 0.234 e. The third-order valence-corrected chi connectivity index (χ3v) is 3.06. The Labute approximate surface area is 112 Å². The van der Waals surface area contributed by atoms with Crippen molar-refractivity contribution in [1.82, 2.24) is 24.3 Å². The van der Waals surface area contributed by atoms with E-state index < -0.39 is 0 Å². The van der Waals surface area contributed by atoms with Crippen LogP contribution in [0.15, 0.2) is 49.1 Å². The van der Waals surface area contributed by atoms with Crippen LogP contribution in [0.1, 0.15) is 0 Å². The first-order chi connectivity index (χ1) is 9.81. The zero-order valence-electron chi connectivity index (χ0n) is 10.2. The second kappa shape index (κ2) is 4.06. The van der Waals surface area contributed by atoms with Gasteiger partial charge in [-0.2, -0.15) is 0 Å². The highest BCUT2D eigenvalue weighted by Crippen LogP contribution is 2.20. The van der Waals surface area contributed by atoms with Crippen molar-refractivity contribution in [2.75, 3.05) is 0 Å². The predicted octanol–water partition coefficient (Wildman–Crippen LogP) is 2.48. The maximum Gasteiger partial charge on any atom is 0.234 e. The highest BCUT2D eigenvalue weighted by atomic mass is 19.1. The fourth-order valence-corrected chi connectivity index (χ4v) is 2.13. The van der Waals surface area contributed by atoms with Crippen LogP contribution in [0.5, 0.6) is 0 Å². The van der Waals surface area contributed by atoms with Crippen molar-refractivity contribution in [3.8, 4) is 11.4 Å². The van der Waals surface area contributed by atoms with Crippen LogP contribution >= 0.6 is 0 Å². The van der Waals surface area contributed by atoms with Gasteiger partial charge in [0.15, 0.2) is 0 Å². The Kier molecular flexibility index (Phi) is 2.23. The Bertz CT molecular complexity index is 931. The summed E-state index contributed by atoms with van der Waals surface area (Å²) in [6.07, 6.45) is 6.85. The van der Waals surface area contributed by atoms with E-state index in [1.807, 2.05) is 16.7 Å². The highest BCUT2D eigenvalue weighted by Gasteiger charge is 2.09. The van der Waals surface area contributed by atoms with Crippen LogP contribution in [0.2, 0.25) is 0 Å². The van der Waals surface area contributed by atoms with Crippen molar-refractivity contribution in [2.24, 2.45) is 0 Å². The number of nitrogens with zero attached hydrogens (tertiary/aromatic N) is 5. The molecule has 6 heteroatoms. The van der Waals surface area contributed by atoms with Gasteiger partial charge in [-0.3, -0.25) is 9.38 Å². The zero-order chi connectivity index (χ0) is 13.5. The molecule has 0 saturated heterocycles. The third kappa shape index (κ3) is 1.62. The molecule has 5 nitrogen and oxygen atoms in total. The van der Waals surface area contributed by atoms with E-state index in [0.29, 0.717) is 22.5 Å². The third-order valence-electron chi connectivity index (χ3n) is 3.06. The van der Waals surface area contributed by atoms with Gasteiger partial charge in [-0.1, -0.05) is 0 Å². The Balaban J connectivity index is 1.97. The molecule has 3 heterocycles. The Hall–Kier alpha value is -2.89. The molecule has 0 aliphatic carbocycles. The second-order valence-corrected chi connectivity index (χ2v) is 4.32. The topological polar surface area (TPSA) is 56.0 Å². The van der Waals surface area contributed by atoms with Crippen LogP contribution in [0.4, 0.5) is 4.39 Å². The first kappa shape index (κ1) is 11.0. The van der Waals surface area contributed by atoms with E-state index in [9.17, 15) is 4.39 Å². The summed E-state index contributed by atoms with van der Waals surface area (Å²) in [6.45, 7) is 0. The Morgan fingerprint density at radius 1 is 1.00 bits per heavy atom. The second-order valence-electron chi connectivity index (χ2n) is 4.32.